The molecular formula is C14H22N2O2S. The first-order valence-corrected chi connectivity index (χ1v) is 7.54. The molecule has 4 nitrogen and oxygen atoms in total. The summed E-state index contributed by atoms with van der Waals surface area (Å²) >= 11 is 0. The van der Waals surface area contributed by atoms with Crippen LogP contribution in [0, 0.1) is 6.92 Å². The molecule has 0 aromatic heterocycles. The number of rotatable bonds is 4. The van der Waals surface area contributed by atoms with E-state index in [9.17, 15) is 8.42 Å². The van der Waals surface area contributed by atoms with E-state index in [-0.39, 0.29) is 17.1 Å². The Morgan fingerprint density at radius 2 is 1.95 bits per heavy atom. The highest BCUT2D eigenvalue weighted by Crippen LogP contribution is 2.28. The lowest BCUT2D eigenvalue weighted by molar-refractivity contribution is 0.270. The summed E-state index contributed by atoms with van der Waals surface area (Å²) in [5.41, 5.74) is 6.52. The molecule has 0 saturated carbocycles. The van der Waals surface area contributed by atoms with Crippen LogP contribution in [0.5, 0.6) is 0 Å². The van der Waals surface area contributed by atoms with E-state index in [1.807, 2.05) is 27.7 Å². The zero-order chi connectivity index (χ0) is 14.8. The van der Waals surface area contributed by atoms with Crippen molar-refractivity contribution in [3.8, 4) is 0 Å². The summed E-state index contributed by atoms with van der Waals surface area (Å²) in [6, 6.07) is 4.97. The van der Waals surface area contributed by atoms with Gasteiger partial charge in [0.1, 0.15) is 4.90 Å². The van der Waals surface area contributed by atoms with Gasteiger partial charge in [0.15, 0.2) is 0 Å². The number of benzene rings is 1. The number of sulfonamides is 1. The molecule has 0 unspecified atom stereocenters. The molecule has 0 radical (unpaired) electrons. The summed E-state index contributed by atoms with van der Waals surface area (Å²) in [7, 11) is -3.63. The van der Waals surface area contributed by atoms with Gasteiger partial charge in [-0.1, -0.05) is 12.1 Å². The van der Waals surface area contributed by atoms with Crippen LogP contribution in [0.3, 0.4) is 0 Å². The van der Waals surface area contributed by atoms with Crippen LogP contribution in [-0.2, 0) is 10.0 Å². The van der Waals surface area contributed by atoms with Crippen molar-refractivity contribution >= 4 is 15.7 Å². The summed E-state index contributed by atoms with van der Waals surface area (Å²) < 4.78 is 26.8. The van der Waals surface area contributed by atoms with Gasteiger partial charge in [0, 0.05) is 12.1 Å². The first-order chi connectivity index (χ1) is 8.60. The average Bonchev–Trinajstić information content (AvgIpc) is 2.23. The molecule has 19 heavy (non-hydrogen) atoms. The number of anilines is 1. The number of nitrogens with zero attached hydrogens (tertiary/aromatic N) is 1. The first kappa shape index (κ1) is 15.7. The fraction of sp³-hybridized carbons (Fsp3) is 0.429. The lowest BCUT2D eigenvalue weighted by Crippen LogP contribution is -2.45. The molecule has 0 heterocycles. The maximum atomic E-state index is 12.7. The molecule has 2 N–H and O–H groups in total. The summed E-state index contributed by atoms with van der Waals surface area (Å²) in [6.45, 7) is 11.3. The Hall–Kier alpha value is -1.33. The van der Waals surface area contributed by atoms with Crippen molar-refractivity contribution in [1.29, 1.82) is 0 Å². The quantitative estimate of drug-likeness (QED) is 0.682. The van der Waals surface area contributed by atoms with Crippen molar-refractivity contribution in [3.63, 3.8) is 0 Å². The van der Waals surface area contributed by atoms with Gasteiger partial charge in [0.05, 0.1) is 5.69 Å². The lowest BCUT2D eigenvalue weighted by atomic mass is 10.1. The van der Waals surface area contributed by atoms with Gasteiger partial charge in [0.25, 0.3) is 0 Å². The van der Waals surface area contributed by atoms with Crippen LogP contribution in [0.1, 0.15) is 26.3 Å². The third kappa shape index (κ3) is 3.36. The Balaban J connectivity index is 3.39. The van der Waals surface area contributed by atoms with Gasteiger partial charge in [-0.25, -0.2) is 8.42 Å². The highest BCUT2D eigenvalue weighted by atomic mass is 32.2. The van der Waals surface area contributed by atoms with E-state index >= 15 is 0 Å². The van der Waals surface area contributed by atoms with Crippen LogP contribution < -0.4 is 5.73 Å². The minimum atomic E-state index is -3.63. The fourth-order valence-electron chi connectivity index (χ4n) is 1.87. The molecule has 0 aliphatic carbocycles. The van der Waals surface area contributed by atoms with Crippen molar-refractivity contribution in [1.82, 2.24) is 4.31 Å². The third-order valence-corrected chi connectivity index (χ3v) is 4.98. The zero-order valence-electron chi connectivity index (χ0n) is 12.0. The third-order valence-electron chi connectivity index (χ3n) is 2.78. The molecule has 0 aliphatic rings. The molecular weight excluding hydrogens is 260 g/mol. The molecule has 0 bridgehead atoms. The fourth-order valence-corrected chi connectivity index (χ4v) is 3.73. The van der Waals surface area contributed by atoms with Gasteiger partial charge >= 0.3 is 0 Å². The minimum absolute atomic E-state index is 0.148. The predicted octanol–water partition coefficient (Wildman–Crippen LogP) is 2.55. The van der Waals surface area contributed by atoms with Gasteiger partial charge in [0.2, 0.25) is 10.0 Å². The van der Waals surface area contributed by atoms with Crippen LogP contribution in [0.2, 0.25) is 0 Å². The highest BCUT2D eigenvalue weighted by Gasteiger charge is 2.34. The summed E-state index contributed by atoms with van der Waals surface area (Å²) in [5.74, 6) is 0. The van der Waals surface area contributed by atoms with E-state index in [0.29, 0.717) is 0 Å². The first-order valence-electron chi connectivity index (χ1n) is 6.10. The minimum Gasteiger partial charge on any atom is -0.398 e. The number of aryl methyl sites for hydroxylation is 1. The normalized spacial score (nSPS) is 12.7. The number of hydrogen-bond donors (Lipinski definition) is 1. The van der Waals surface area contributed by atoms with Crippen LogP contribution in [-0.4, -0.2) is 24.8 Å². The monoisotopic (exact) mass is 282 g/mol. The second kappa shape index (κ2) is 5.35. The SMILES string of the molecule is C=CCN(C(C)(C)C)S(=O)(=O)c1ccc(C)cc1N. The predicted molar refractivity (Wildman–Crippen MR) is 79.4 cm³/mol. The summed E-state index contributed by atoms with van der Waals surface area (Å²) in [4.78, 5) is 0.148. The molecule has 0 aliphatic heterocycles. The molecule has 1 rings (SSSR count). The second-order valence-electron chi connectivity index (χ2n) is 5.54. The molecule has 5 heteroatoms. The number of hydrogen-bond acceptors (Lipinski definition) is 3. The topological polar surface area (TPSA) is 63.4 Å². The molecule has 0 amide bonds. The standard InChI is InChI=1S/C14H22N2O2S/c1-6-9-16(14(3,4)5)19(17,18)13-8-7-11(2)10-12(13)15/h6-8,10H,1,9,15H2,2-5H3. The van der Waals surface area contributed by atoms with E-state index in [1.54, 1.807) is 24.3 Å². The summed E-state index contributed by atoms with van der Waals surface area (Å²) in [6.07, 6.45) is 1.58. The van der Waals surface area contributed by atoms with Crippen molar-refractivity contribution in [2.45, 2.75) is 38.1 Å². The van der Waals surface area contributed by atoms with Crippen LogP contribution in [0.15, 0.2) is 35.7 Å². The smallest absolute Gasteiger partial charge is 0.245 e. The van der Waals surface area contributed by atoms with E-state index in [4.69, 9.17) is 5.73 Å². The van der Waals surface area contributed by atoms with E-state index in [1.165, 1.54) is 4.31 Å². The molecule has 0 saturated heterocycles. The average molecular weight is 282 g/mol. The Labute approximate surface area is 116 Å². The van der Waals surface area contributed by atoms with Crippen LogP contribution in [0.4, 0.5) is 5.69 Å². The van der Waals surface area contributed by atoms with Crippen molar-refractivity contribution < 1.29 is 8.42 Å². The number of nitrogen functional groups attached to an aromatic ring is 1. The largest absolute Gasteiger partial charge is 0.398 e. The van der Waals surface area contributed by atoms with Crippen molar-refractivity contribution in [2.24, 2.45) is 0 Å². The molecule has 106 valence electrons. The van der Waals surface area contributed by atoms with Gasteiger partial charge in [-0.05, 0) is 45.4 Å². The maximum Gasteiger partial charge on any atom is 0.245 e. The summed E-state index contributed by atoms with van der Waals surface area (Å²) in [5, 5.41) is 0. The Morgan fingerprint density at radius 3 is 2.37 bits per heavy atom. The Kier molecular flexibility index (Phi) is 4.43. The molecule has 1 aromatic carbocycles. The second-order valence-corrected chi connectivity index (χ2v) is 7.37. The molecule has 1 aromatic rings. The van der Waals surface area contributed by atoms with E-state index in [0.717, 1.165) is 5.56 Å². The van der Waals surface area contributed by atoms with E-state index in [2.05, 4.69) is 6.58 Å². The highest BCUT2D eigenvalue weighted by molar-refractivity contribution is 7.89. The van der Waals surface area contributed by atoms with Gasteiger partial charge in [-0.3, -0.25) is 0 Å². The zero-order valence-corrected chi connectivity index (χ0v) is 12.8. The Morgan fingerprint density at radius 1 is 1.37 bits per heavy atom. The van der Waals surface area contributed by atoms with Crippen LogP contribution in [0.25, 0.3) is 0 Å². The molecule has 0 atom stereocenters. The molecule has 0 spiro atoms. The van der Waals surface area contributed by atoms with Crippen LogP contribution >= 0.6 is 0 Å². The maximum absolute atomic E-state index is 12.7. The van der Waals surface area contributed by atoms with Gasteiger partial charge in [-0.2, -0.15) is 4.31 Å². The van der Waals surface area contributed by atoms with Crippen molar-refractivity contribution in [3.05, 3.63) is 36.4 Å². The van der Waals surface area contributed by atoms with Gasteiger partial charge < -0.3 is 5.73 Å². The lowest BCUT2D eigenvalue weighted by Gasteiger charge is -2.34. The molecule has 0 fully saturated rings. The van der Waals surface area contributed by atoms with Gasteiger partial charge in [-0.15, -0.1) is 6.58 Å². The Bertz CT molecular complexity index is 572. The van der Waals surface area contributed by atoms with Crippen molar-refractivity contribution in [2.75, 3.05) is 12.3 Å². The number of nitrogens with two attached hydrogens (primary N) is 1. The van der Waals surface area contributed by atoms with E-state index < -0.39 is 15.6 Å².